The van der Waals surface area contributed by atoms with Gasteiger partial charge in [-0.3, -0.25) is 4.52 Å². The molecule has 3 heteroatoms. The van der Waals surface area contributed by atoms with Gasteiger partial charge in [0, 0.05) is 0 Å². The number of benzene rings is 4. The van der Waals surface area contributed by atoms with Gasteiger partial charge in [0.25, 0.3) is 0 Å². The smallest absolute Gasteiger partial charge is 0.0533 e. The van der Waals surface area contributed by atoms with Crippen molar-refractivity contribution in [3.8, 4) is 0 Å². The molecule has 1 aliphatic heterocycles. The first kappa shape index (κ1) is 20.1. The van der Waals surface area contributed by atoms with E-state index >= 15 is 0 Å². The van der Waals surface area contributed by atoms with Gasteiger partial charge in [-0.05, 0) is 45.3 Å². The Labute approximate surface area is 185 Å². The highest BCUT2D eigenvalue weighted by molar-refractivity contribution is 7.96. The molecule has 0 unspecified atom stereocenters. The quantitative estimate of drug-likeness (QED) is 0.340. The molecular weight excluding hydrogens is 412 g/mol. The summed E-state index contributed by atoms with van der Waals surface area (Å²) in [5.41, 5.74) is 1.32. The van der Waals surface area contributed by atoms with Crippen LogP contribution in [0.4, 0.5) is 0 Å². The van der Waals surface area contributed by atoms with Crippen LogP contribution in [0.5, 0.6) is 0 Å². The Bertz CT molecular complexity index is 1150. The van der Waals surface area contributed by atoms with E-state index in [-0.39, 0.29) is 0 Å². The van der Waals surface area contributed by atoms with Crippen LogP contribution in [0.1, 0.15) is 6.92 Å². The molecule has 0 radical (unpaired) electrons. The fourth-order valence-electron chi connectivity index (χ4n) is 4.32. The SMILES string of the molecule is CC1=CP(c2ccccc2)(c2ccccc2)=NP(c2ccccc2)(c2ccccc2)=C1. The van der Waals surface area contributed by atoms with E-state index in [9.17, 15) is 0 Å². The maximum Gasteiger partial charge on any atom is 0.0533 e. The van der Waals surface area contributed by atoms with E-state index in [1.165, 1.54) is 26.8 Å². The highest BCUT2D eigenvalue weighted by Crippen LogP contribution is 2.64. The highest BCUT2D eigenvalue weighted by atomic mass is 31.2. The molecule has 0 spiro atoms. The molecule has 0 aliphatic carbocycles. The number of hydrogen-bond acceptors (Lipinski definition) is 1. The summed E-state index contributed by atoms with van der Waals surface area (Å²) in [6.07, 6.45) is 0. The molecule has 0 saturated carbocycles. The summed E-state index contributed by atoms with van der Waals surface area (Å²) in [5.74, 6) is 4.89. The standard InChI is InChI=1S/C28H25NP2/c1-24-22-30(25-14-6-2-7-15-25,26-16-8-3-9-17-26)29-31(23-24,27-18-10-4-11-19-27)28-20-12-5-13-21-28/h2-23H,1H3. The third kappa shape index (κ3) is 3.59. The predicted octanol–water partition coefficient (Wildman–Crippen LogP) is 6.14. The van der Waals surface area contributed by atoms with Gasteiger partial charge in [-0.25, -0.2) is 0 Å². The fourth-order valence-corrected chi connectivity index (χ4v) is 13.3. The molecule has 5 rings (SSSR count). The normalized spacial score (nSPS) is 16.5. The molecule has 31 heavy (non-hydrogen) atoms. The average Bonchev–Trinajstić information content (AvgIpc) is 2.86. The molecule has 0 bridgehead atoms. The third-order valence-corrected chi connectivity index (χ3v) is 13.8. The van der Waals surface area contributed by atoms with Crippen LogP contribution in [0.25, 0.3) is 0 Å². The van der Waals surface area contributed by atoms with E-state index in [2.05, 4.69) is 140 Å². The molecule has 1 heterocycles. The minimum absolute atomic E-state index is 1.31. The summed E-state index contributed by atoms with van der Waals surface area (Å²) < 4.78 is 5.97. The van der Waals surface area contributed by atoms with Crippen LogP contribution in [0.2, 0.25) is 0 Å². The topological polar surface area (TPSA) is 12.4 Å². The van der Waals surface area contributed by atoms with Gasteiger partial charge < -0.3 is 0 Å². The minimum Gasteiger partial charge on any atom is -0.260 e. The molecule has 0 N–H and O–H groups in total. The van der Waals surface area contributed by atoms with E-state index in [1.54, 1.807) is 0 Å². The first-order chi connectivity index (χ1) is 15.2. The van der Waals surface area contributed by atoms with Crippen molar-refractivity contribution in [3.05, 3.63) is 133 Å². The van der Waals surface area contributed by atoms with Crippen LogP contribution >= 0.6 is 14.1 Å². The van der Waals surface area contributed by atoms with Crippen LogP contribution in [-0.2, 0) is 0 Å². The molecule has 0 amide bonds. The van der Waals surface area contributed by atoms with Crippen molar-refractivity contribution in [1.82, 2.24) is 0 Å². The number of rotatable bonds is 4. The van der Waals surface area contributed by atoms with Crippen LogP contribution in [-0.4, -0.2) is 5.80 Å². The summed E-state index contributed by atoms with van der Waals surface area (Å²) in [7, 11) is -4.24. The van der Waals surface area contributed by atoms with Crippen LogP contribution < -0.4 is 21.2 Å². The van der Waals surface area contributed by atoms with Crippen LogP contribution in [0.15, 0.2) is 137 Å². The fraction of sp³-hybridized carbons (Fsp3) is 0.0357. The maximum absolute atomic E-state index is 5.97. The summed E-state index contributed by atoms with van der Waals surface area (Å²) in [4.78, 5) is 0. The van der Waals surface area contributed by atoms with Crippen molar-refractivity contribution in [3.63, 3.8) is 0 Å². The zero-order valence-corrected chi connectivity index (χ0v) is 19.3. The Balaban J connectivity index is 1.96. The summed E-state index contributed by atoms with van der Waals surface area (Å²) >= 11 is 0. The summed E-state index contributed by atoms with van der Waals surface area (Å²) in [5, 5.41) is 5.24. The van der Waals surface area contributed by atoms with Gasteiger partial charge >= 0.3 is 0 Å². The molecule has 4 aromatic carbocycles. The molecule has 4 aromatic rings. The lowest BCUT2D eigenvalue weighted by Gasteiger charge is -2.34. The van der Waals surface area contributed by atoms with Crippen molar-refractivity contribution in [2.24, 2.45) is 4.52 Å². The Morgan fingerprint density at radius 3 is 1.23 bits per heavy atom. The van der Waals surface area contributed by atoms with E-state index in [4.69, 9.17) is 4.52 Å². The first-order valence-corrected chi connectivity index (χ1v) is 14.2. The van der Waals surface area contributed by atoms with E-state index in [0.29, 0.717) is 0 Å². The molecule has 0 atom stereocenters. The molecule has 0 fully saturated rings. The van der Waals surface area contributed by atoms with Gasteiger partial charge in [0.05, 0.1) is 14.1 Å². The lowest BCUT2D eigenvalue weighted by atomic mass is 10.4. The monoisotopic (exact) mass is 437 g/mol. The number of hydrogen-bond donors (Lipinski definition) is 0. The van der Waals surface area contributed by atoms with E-state index < -0.39 is 14.1 Å². The second kappa shape index (κ2) is 8.35. The van der Waals surface area contributed by atoms with Crippen molar-refractivity contribution in [2.45, 2.75) is 6.92 Å². The highest BCUT2D eigenvalue weighted by Gasteiger charge is 2.32. The Morgan fingerprint density at radius 1 is 0.484 bits per heavy atom. The van der Waals surface area contributed by atoms with E-state index in [0.717, 1.165) is 0 Å². The lowest BCUT2D eigenvalue weighted by molar-refractivity contribution is 1.64. The minimum atomic E-state index is -2.12. The molecule has 1 nitrogen and oxygen atoms in total. The molecule has 152 valence electrons. The van der Waals surface area contributed by atoms with Crippen LogP contribution in [0, 0.1) is 0 Å². The lowest BCUT2D eigenvalue weighted by Crippen LogP contribution is -2.22. The molecular formula is C28H25NP2. The molecule has 1 aliphatic rings. The second-order valence-corrected chi connectivity index (χ2v) is 13.8. The predicted molar refractivity (Wildman–Crippen MR) is 140 cm³/mol. The van der Waals surface area contributed by atoms with Gasteiger partial charge in [0.1, 0.15) is 0 Å². The van der Waals surface area contributed by atoms with Gasteiger partial charge in [-0.1, -0.05) is 121 Å². The zero-order chi connectivity index (χ0) is 21.2. The average molecular weight is 437 g/mol. The van der Waals surface area contributed by atoms with Gasteiger partial charge in [-0.15, -0.1) is 0 Å². The first-order valence-electron chi connectivity index (χ1n) is 10.5. The van der Waals surface area contributed by atoms with Crippen LogP contribution in [0.3, 0.4) is 0 Å². The number of allylic oxidation sites excluding steroid dienone is 1. The summed E-state index contributed by atoms with van der Waals surface area (Å²) in [6, 6.07) is 43.5. The summed E-state index contributed by atoms with van der Waals surface area (Å²) in [6.45, 7) is 2.25. The van der Waals surface area contributed by atoms with Crippen molar-refractivity contribution < 1.29 is 0 Å². The molecule has 0 aromatic heterocycles. The Hall–Kier alpha value is -2.85. The largest absolute Gasteiger partial charge is 0.260 e. The number of nitrogens with zero attached hydrogens (tertiary/aromatic N) is 1. The van der Waals surface area contributed by atoms with Crippen molar-refractivity contribution >= 4 is 41.1 Å². The Morgan fingerprint density at radius 2 is 0.839 bits per heavy atom. The van der Waals surface area contributed by atoms with Gasteiger partial charge in [0.2, 0.25) is 0 Å². The van der Waals surface area contributed by atoms with E-state index in [1.807, 2.05) is 0 Å². The van der Waals surface area contributed by atoms with Gasteiger partial charge in [0.15, 0.2) is 0 Å². The molecule has 0 saturated heterocycles. The third-order valence-electron chi connectivity index (χ3n) is 5.66. The van der Waals surface area contributed by atoms with Gasteiger partial charge in [-0.2, -0.15) is 0 Å². The van der Waals surface area contributed by atoms with Crippen molar-refractivity contribution in [2.75, 3.05) is 0 Å². The maximum atomic E-state index is 5.97. The second-order valence-electron chi connectivity index (χ2n) is 7.80. The Kier molecular flexibility index (Phi) is 5.41. The van der Waals surface area contributed by atoms with Crippen molar-refractivity contribution in [1.29, 1.82) is 0 Å². The zero-order valence-electron chi connectivity index (χ0n) is 17.5.